The van der Waals surface area contributed by atoms with Crippen molar-refractivity contribution in [3.63, 3.8) is 0 Å². The Bertz CT molecular complexity index is 767. The predicted octanol–water partition coefficient (Wildman–Crippen LogP) is 5.02. The summed E-state index contributed by atoms with van der Waals surface area (Å²) in [5.74, 6) is 1.90. The number of hydrogen-bond donors (Lipinski definition) is 1. The van der Waals surface area contributed by atoms with Gasteiger partial charge in [-0.05, 0) is 66.1 Å². The van der Waals surface area contributed by atoms with Crippen LogP contribution in [0.1, 0.15) is 62.4 Å². The largest absolute Gasteiger partial charge is 0.496 e. The van der Waals surface area contributed by atoms with Gasteiger partial charge in [0.15, 0.2) is 0 Å². The molecule has 26 heavy (non-hydrogen) atoms. The molecule has 1 aliphatic rings. The minimum Gasteiger partial charge on any atom is -0.496 e. The molecule has 0 aromatic heterocycles. The fourth-order valence-electron chi connectivity index (χ4n) is 3.66. The van der Waals surface area contributed by atoms with Crippen LogP contribution in [0, 0.1) is 0 Å². The van der Waals surface area contributed by atoms with Crippen LogP contribution in [0.4, 0.5) is 0 Å². The minimum atomic E-state index is 0.150. The summed E-state index contributed by atoms with van der Waals surface area (Å²) in [6.07, 6.45) is 2.13. The number of ether oxygens (including phenoxy) is 2. The zero-order valence-corrected chi connectivity index (χ0v) is 16.7. The molecule has 1 aliphatic heterocycles. The van der Waals surface area contributed by atoms with Crippen molar-refractivity contribution in [2.75, 3.05) is 20.3 Å². The van der Waals surface area contributed by atoms with Crippen molar-refractivity contribution >= 4 is 0 Å². The van der Waals surface area contributed by atoms with Gasteiger partial charge in [0.25, 0.3) is 0 Å². The summed E-state index contributed by atoms with van der Waals surface area (Å²) in [4.78, 5) is 0. The van der Waals surface area contributed by atoms with E-state index in [2.05, 4.69) is 62.5 Å². The molecular formula is C23H31NO2. The SMILES string of the molecule is CCOc1ccc2c(c1)CCNC2c1cc(C(C)(C)CC)ccc1OC. The maximum atomic E-state index is 5.71. The first-order valence-electron chi connectivity index (χ1n) is 9.67. The van der Waals surface area contributed by atoms with E-state index in [0.29, 0.717) is 6.61 Å². The molecule has 0 aliphatic carbocycles. The lowest BCUT2D eigenvalue weighted by molar-refractivity contribution is 0.339. The Labute approximate surface area is 157 Å². The van der Waals surface area contributed by atoms with Crippen molar-refractivity contribution in [3.8, 4) is 11.5 Å². The predicted molar refractivity (Wildman–Crippen MR) is 107 cm³/mol. The van der Waals surface area contributed by atoms with E-state index >= 15 is 0 Å². The van der Waals surface area contributed by atoms with Gasteiger partial charge in [-0.15, -0.1) is 0 Å². The molecule has 0 saturated carbocycles. The quantitative estimate of drug-likeness (QED) is 0.791. The zero-order valence-electron chi connectivity index (χ0n) is 16.7. The van der Waals surface area contributed by atoms with Gasteiger partial charge in [0, 0.05) is 12.1 Å². The van der Waals surface area contributed by atoms with Crippen LogP contribution in [0.25, 0.3) is 0 Å². The molecule has 3 rings (SSSR count). The highest BCUT2D eigenvalue weighted by molar-refractivity contribution is 5.49. The second kappa shape index (κ2) is 7.71. The van der Waals surface area contributed by atoms with E-state index in [-0.39, 0.29) is 11.5 Å². The molecule has 0 radical (unpaired) electrons. The minimum absolute atomic E-state index is 0.150. The first kappa shape index (κ1) is 18.8. The molecule has 3 heteroatoms. The lowest BCUT2D eigenvalue weighted by atomic mass is 9.80. The summed E-state index contributed by atoms with van der Waals surface area (Å²) in [6, 6.07) is 13.3. The fourth-order valence-corrected chi connectivity index (χ4v) is 3.66. The van der Waals surface area contributed by atoms with Gasteiger partial charge in [0.1, 0.15) is 11.5 Å². The maximum absolute atomic E-state index is 5.71. The Morgan fingerprint density at radius 1 is 1.08 bits per heavy atom. The van der Waals surface area contributed by atoms with Gasteiger partial charge in [0.2, 0.25) is 0 Å². The highest BCUT2D eigenvalue weighted by Crippen LogP contribution is 2.38. The zero-order chi connectivity index (χ0) is 18.7. The van der Waals surface area contributed by atoms with Crippen molar-refractivity contribution in [3.05, 3.63) is 58.7 Å². The summed E-state index contributed by atoms with van der Waals surface area (Å²) in [5, 5.41) is 3.69. The first-order valence-corrected chi connectivity index (χ1v) is 9.67. The smallest absolute Gasteiger partial charge is 0.124 e. The van der Waals surface area contributed by atoms with Crippen LogP contribution in [-0.2, 0) is 11.8 Å². The Hall–Kier alpha value is -2.00. The van der Waals surface area contributed by atoms with E-state index in [1.54, 1.807) is 7.11 Å². The molecule has 1 N–H and O–H groups in total. The molecule has 140 valence electrons. The van der Waals surface area contributed by atoms with Crippen LogP contribution in [0.3, 0.4) is 0 Å². The Balaban J connectivity index is 2.06. The van der Waals surface area contributed by atoms with Gasteiger partial charge in [-0.1, -0.05) is 32.9 Å². The third kappa shape index (κ3) is 3.59. The fraction of sp³-hybridized carbons (Fsp3) is 0.478. The van der Waals surface area contributed by atoms with E-state index in [1.807, 2.05) is 6.92 Å². The first-order chi connectivity index (χ1) is 12.5. The van der Waals surface area contributed by atoms with Crippen molar-refractivity contribution in [2.24, 2.45) is 0 Å². The van der Waals surface area contributed by atoms with E-state index in [4.69, 9.17) is 9.47 Å². The van der Waals surface area contributed by atoms with Gasteiger partial charge in [-0.3, -0.25) is 0 Å². The number of rotatable bonds is 6. The van der Waals surface area contributed by atoms with Gasteiger partial charge < -0.3 is 14.8 Å². The van der Waals surface area contributed by atoms with Crippen molar-refractivity contribution in [2.45, 2.75) is 52.0 Å². The number of fused-ring (bicyclic) bond motifs is 1. The Kier molecular flexibility index (Phi) is 5.57. The lowest BCUT2D eigenvalue weighted by Crippen LogP contribution is -2.31. The Morgan fingerprint density at radius 3 is 2.58 bits per heavy atom. The van der Waals surface area contributed by atoms with Crippen LogP contribution in [-0.4, -0.2) is 20.3 Å². The molecule has 0 fully saturated rings. The van der Waals surface area contributed by atoms with Crippen LogP contribution in [0.15, 0.2) is 36.4 Å². The average Bonchev–Trinajstić information content (AvgIpc) is 2.67. The van der Waals surface area contributed by atoms with E-state index < -0.39 is 0 Å². The summed E-state index contributed by atoms with van der Waals surface area (Å²) in [6.45, 7) is 10.5. The van der Waals surface area contributed by atoms with Crippen molar-refractivity contribution in [1.29, 1.82) is 0 Å². The molecule has 0 bridgehead atoms. The molecule has 0 amide bonds. The summed E-state index contributed by atoms with van der Waals surface area (Å²) < 4.78 is 11.4. The number of methoxy groups -OCH3 is 1. The van der Waals surface area contributed by atoms with Crippen molar-refractivity contribution in [1.82, 2.24) is 5.32 Å². The lowest BCUT2D eigenvalue weighted by Gasteiger charge is -2.31. The number of benzene rings is 2. The summed E-state index contributed by atoms with van der Waals surface area (Å²) in [5.41, 5.74) is 5.41. The average molecular weight is 354 g/mol. The maximum Gasteiger partial charge on any atom is 0.124 e. The van der Waals surface area contributed by atoms with Crippen LogP contribution in [0.5, 0.6) is 11.5 Å². The van der Waals surface area contributed by atoms with E-state index in [1.165, 1.54) is 22.3 Å². The van der Waals surface area contributed by atoms with Crippen molar-refractivity contribution < 1.29 is 9.47 Å². The molecule has 1 heterocycles. The molecular weight excluding hydrogens is 322 g/mol. The molecule has 0 spiro atoms. The molecule has 3 nitrogen and oxygen atoms in total. The topological polar surface area (TPSA) is 30.5 Å². The molecule has 1 unspecified atom stereocenters. The van der Waals surface area contributed by atoms with Gasteiger partial charge in [-0.25, -0.2) is 0 Å². The highest BCUT2D eigenvalue weighted by atomic mass is 16.5. The molecule has 2 aromatic rings. The van der Waals surface area contributed by atoms with Crippen LogP contribution in [0.2, 0.25) is 0 Å². The van der Waals surface area contributed by atoms with E-state index in [9.17, 15) is 0 Å². The molecule has 1 atom stereocenters. The van der Waals surface area contributed by atoms with Gasteiger partial charge in [0.05, 0.1) is 19.8 Å². The van der Waals surface area contributed by atoms with Gasteiger partial charge in [-0.2, -0.15) is 0 Å². The number of nitrogens with one attached hydrogen (secondary N) is 1. The monoisotopic (exact) mass is 353 g/mol. The number of hydrogen-bond acceptors (Lipinski definition) is 3. The summed E-state index contributed by atoms with van der Waals surface area (Å²) >= 11 is 0. The molecule has 0 saturated heterocycles. The highest BCUT2D eigenvalue weighted by Gasteiger charge is 2.27. The van der Waals surface area contributed by atoms with Crippen LogP contribution >= 0.6 is 0 Å². The van der Waals surface area contributed by atoms with Crippen LogP contribution < -0.4 is 14.8 Å². The standard InChI is InChI=1S/C23H31NO2/c1-6-23(3,4)17-8-11-21(25-5)20(15-17)22-19-10-9-18(26-7-2)14-16(19)12-13-24-22/h8-11,14-15,22,24H,6-7,12-13H2,1-5H3. The third-order valence-corrected chi connectivity index (χ3v) is 5.69. The Morgan fingerprint density at radius 2 is 1.88 bits per heavy atom. The second-order valence-corrected chi connectivity index (χ2v) is 7.62. The van der Waals surface area contributed by atoms with Gasteiger partial charge >= 0.3 is 0 Å². The summed E-state index contributed by atoms with van der Waals surface area (Å²) in [7, 11) is 1.76. The molecule has 2 aromatic carbocycles. The van der Waals surface area contributed by atoms with E-state index in [0.717, 1.165) is 30.9 Å². The third-order valence-electron chi connectivity index (χ3n) is 5.69. The normalized spacial score (nSPS) is 16.9. The second-order valence-electron chi connectivity index (χ2n) is 7.62.